The molecule has 0 spiro atoms. The largest absolute Gasteiger partial charge is 0.423 e. The molecule has 2 saturated heterocycles. The SMILES string of the molecule is FC(F)(F)C(CN1CCCCC1)(OC(CN1CCCCC1)(c1ccc(Cl)cc1)C(F)(F)F)c1ccc(Cl)cc1. The summed E-state index contributed by atoms with van der Waals surface area (Å²) >= 11 is 12.0. The van der Waals surface area contributed by atoms with Gasteiger partial charge in [-0.2, -0.15) is 26.3 Å². The van der Waals surface area contributed by atoms with E-state index in [9.17, 15) is 0 Å². The van der Waals surface area contributed by atoms with Crippen molar-refractivity contribution in [1.29, 1.82) is 0 Å². The van der Waals surface area contributed by atoms with Gasteiger partial charge in [0.15, 0.2) is 0 Å². The van der Waals surface area contributed by atoms with Gasteiger partial charge in [-0.15, -0.1) is 0 Å². The van der Waals surface area contributed by atoms with Crippen molar-refractivity contribution < 1.29 is 31.1 Å². The van der Waals surface area contributed by atoms with Crippen LogP contribution >= 0.6 is 23.2 Å². The molecule has 0 N–H and O–H groups in total. The number of rotatable bonds is 8. The van der Waals surface area contributed by atoms with Gasteiger partial charge in [-0.3, -0.25) is 9.80 Å². The highest BCUT2D eigenvalue weighted by Crippen LogP contribution is 2.53. The third-order valence-electron chi connectivity index (χ3n) is 7.68. The summed E-state index contributed by atoms with van der Waals surface area (Å²) in [7, 11) is 0. The van der Waals surface area contributed by atoms with Gasteiger partial charge >= 0.3 is 12.4 Å². The summed E-state index contributed by atoms with van der Waals surface area (Å²) < 4.78 is 98.2. The van der Waals surface area contributed by atoms with Crippen LogP contribution < -0.4 is 0 Å². The van der Waals surface area contributed by atoms with Gasteiger partial charge in [0, 0.05) is 23.1 Å². The van der Waals surface area contributed by atoms with Gasteiger partial charge in [0.25, 0.3) is 0 Å². The maximum atomic E-state index is 15.4. The van der Waals surface area contributed by atoms with Gasteiger partial charge in [0.1, 0.15) is 0 Å². The van der Waals surface area contributed by atoms with E-state index in [0.717, 1.165) is 37.1 Å². The van der Waals surface area contributed by atoms with Crippen molar-refractivity contribution in [3.8, 4) is 0 Å². The molecule has 2 atom stereocenters. The average molecular weight is 597 g/mol. The Labute approximate surface area is 235 Å². The fourth-order valence-corrected chi connectivity index (χ4v) is 5.84. The second kappa shape index (κ2) is 12.1. The van der Waals surface area contributed by atoms with Crippen LogP contribution in [0.15, 0.2) is 48.5 Å². The first-order chi connectivity index (χ1) is 18.4. The number of benzene rings is 2. The van der Waals surface area contributed by atoms with E-state index >= 15 is 26.3 Å². The Morgan fingerprint density at radius 1 is 0.538 bits per heavy atom. The van der Waals surface area contributed by atoms with E-state index in [4.69, 9.17) is 27.9 Å². The third kappa shape index (κ3) is 6.70. The van der Waals surface area contributed by atoms with Crippen LogP contribution in [0.2, 0.25) is 10.0 Å². The van der Waals surface area contributed by atoms with Crippen LogP contribution in [-0.2, 0) is 15.9 Å². The van der Waals surface area contributed by atoms with Gasteiger partial charge in [-0.1, -0.05) is 60.3 Å². The molecule has 2 aromatic carbocycles. The molecule has 2 fully saturated rings. The zero-order chi connectivity index (χ0) is 28.3. The first kappa shape index (κ1) is 30.4. The fourth-order valence-electron chi connectivity index (χ4n) is 5.59. The topological polar surface area (TPSA) is 15.7 Å². The maximum Gasteiger partial charge on any atom is 0.423 e. The Bertz CT molecular complexity index is 982. The van der Waals surface area contributed by atoms with Gasteiger partial charge in [-0.25, -0.2) is 0 Å². The van der Waals surface area contributed by atoms with Crippen molar-refractivity contribution in [3.05, 3.63) is 69.7 Å². The third-order valence-corrected chi connectivity index (χ3v) is 8.18. The molecule has 11 heteroatoms. The minimum Gasteiger partial charge on any atom is -0.337 e. The molecule has 216 valence electrons. The molecular weight excluding hydrogens is 565 g/mol. The smallest absolute Gasteiger partial charge is 0.337 e. The minimum absolute atomic E-state index is 0.167. The van der Waals surface area contributed by atoms with E-state index in [1.807, 2.05) is 0 Å². The summed E-state index contributed by atoms with van der Waals surface area (Å²) in [4.78, 5) is 3.10. The summed E-state index contributed by atoms with van der Waals surface area (Å²) in [6.07, 6.45) is -6.05. The van der Waals surface area contributed by atoms with Crippen LogP contribution in [0.3, 0.4) is 0 Å². The van der Waals surface area contributed by atoms with Gasteiger partial charge < -0.3 is 4.74 Å². The highest BCUT2D eigenvalue weighted by atomic mass is 35.5. The number of alkyl halides is 6. The lowest BCUT2D eigenvalue weighted by atomic mass is 9.86. The summed E-state index contributed by atoms with van der Waals surface area (Å²) in [5.74, 6) is 0. The number of piperidine rings is 2. The molecule has 2 aliphatic heterocycles. The maximum absolute atomic E-state index is 15.4. The van der Waals surface area contributed by atoms with Crippen molar-refractivity contribution in [2.45, 2.75) is 62.1 Å². The van der Waals surface area contributed by atoms with E-state index in [1.54, 1.807) is 9.80 Å². The molecule has 0 radical (unpaired) electrons. The van der Waals surface area contributed by atoms with Crippen molar-refractivity contribution in [1.82, 2.24) is 9.80 Å². The Kier molecular flexibility index (Phi) is 9.48. The normalized spacial score (nSPS) is 21.3. The first-order valence-electron chi connectivity index (χ1n) is 13.2. The van der Waals surface area contributed by atoms with Gasteiger partial charge in [0.2, 0.25) is 11.2 Å². The molecule has 3 nitrogen and oxygen atoms in total. The number of ether oxygens (including phenoxy) is 1. The zero-order valence-electron chi connectivity index (χ0n) is 21.4. The van der Waals surface area contributed by atoms with Crippen LogP contribution in [0.5, 0.6) is 0 Å². The Hall–Kier alpha value is -1.52. The molecular formula is C28H32Cl2F6N2O. The molecule has 2 aromatic rings. The molecule has 0 bridgehead atoms. The first-order valence-corrected chi connectivity index (χ1v) is 13.9. The van der Waals surface area contributed by atoms with Gasteiger partial charge in [0.05, 0.1) is 0 Å². The van der Waals surface area contributed by atoms with Crippen LogP contribution in [0.4, 0.5) is 26.3 Å². The predicted molar refractivity (Wildman–Crippen MR) is 140 cm³/mol. The Balaban J connectivity index is 1.94. The summed E-state index contributed by atoms with van der Waals surface area (Å²) in [5, 5.41) is 0.335. The monoisotopic (exact) mass is 596 g/mol. The fraction of sp³-hybridized carbons (Fsp3) is 0.571. The van der Waals surface area contributed by atoms with Crippen LogP contribution in [0.1, 0.15) is 49.7 Å². The lowest BCUT2D eigenvalue weighted by Crippen LogP contribution is -2.63. The van der Waals surface area contributed by atoms with Crippen molar-refractivity contribution in [2.24, 2.45) is 0 Å². The average Bonchev–Trinajstić information content (AvgIpc) is 2.88. The summed E-state index contributed by atoms with van der Waals surface area (Å²) in [5.41, 5.74) is -7.43. The highest BCUT2D eigenvalue weighted by molar-refractivity contribution is 6.30. The van der Waals surface area contributed by atoms with Crippen molar-refractivity contribution >= 4 is 23.2 Å². The molecule has 2 aliphatic rings. The number of likely N-dealkylation sites (tertiary alicyclic amines) is 2. The van der Waals surface area contributed by atoms with Crippen LogP contribution in [0.25, 0.3) is 0 Å². The van der Waals surface area contributed by atoms with Crippen molar-refractivity contribution in [3.63, 3.8) is 0 Å². The predicted octanol–water partition coefficient (Wildman–Crippen LogP) is 8.20. The quantitative estimate of drug-likeness (QED) is 0.286. The molecule has 0 saturated carbocycles. The Morgan fingerprint density at radius 3 is 1.13 bits per heavy atom. The highest BCUT2D eigenvalue weighted by Gasteiger charge is 2.68. The lowest BCUT2D eigenvalue weighted by Gasteiger charge is -2.49. The number of hydrogen-bond acceptors (Lipinski definition) is 3. The van der Waals surface area contributed by atoms with E-state index in [1.165, 1.54) is 24.3 Å². The molecule has 0 aliphatic carbocycles. The molecule has 0 amide bonds. The summed E-state index contributed by atoms with van der Waals surface area (Å²) in [6, 6.07) is 9.46. The number of nitrogens with zero attached hydrogens (tertiary/aromatic N) is 2. The van der Waals surface area contributed by atoms with E-state index in [0.29, 0.717) is 51.9 Å². The lowest BCUT2D eigenvalue weighted by molar-refractivity contribution is -0.382. The van der Waals surface area contributed by atoms with E-state index in [-0.39, 0.29) is 10.0 Å². The standard InChI is InChI=1S/C28H32Cl2F6N2O/c29-23-11-7-21(8-12-23)25(27(31,32)33,19-37-15-3-1-4-16-37)39-26(28(34,35)36,20-38-17-5-2-6-18-38)22-9-13-24(30)14-10-22/h7-14H,1-6,15-20H2. The van der Waals surface area contributed by atoms with Crippen molar-refractivity contribution in [2.75, 3.05) is 39.3 Å². The van der Waals surface area contributed by atoms with E-state index < -0.39 is 47.8 Å². The van der Waals surface area contributed by atoms with E-state index in [2.05, 4.69) is 0 Å². The molecule has 4 rings (SSSR count). The number of halogens is 8. The molecule has 2 heterocycles. The minimum atomic E-state index is -5.19. The second-order valence-electron chi connectivity index (χ2n) is 10.4. The van der Waals surface area contributed by atoms with Crippen LogP contribution in [-0.4, -0.2) is 61.4 Å². The number of hydrogen-bond donors (Lipinski definition) is 0. The van der Waals surface area contributed by atoms with Gasteiger partial charge in [-0.05, 0) is 87.3 Å². The second-order valence-corrected chi connectivity index (χ2v) is 11.3. The zero-order valence-corrected chi connectivity index (χ0v) is 22.9. The molecule has 2 unspecified atom stereocenters. The molecule has 39 heavy (non-hydrogen) atoms. The Morgan fingerprint density at radius 2 is 0.846 bits per heavy atom. The molecule has 0 aromatic heterocycles. The van der Waals surface area contributed by atoms with Crippen LogP contribution in [0, 0.1) is 0 Å². The summed E-state index contributed by atoms with van der Waals surface area (Å²) in [6.45, 7) is -0.212.